The van der Waals surface area contributed by atoms with Crippen molar-refractivity contribution in [3.8, 4) is 0 Å². The van der Waals surface area contributed by atoms with Crippen LogP contribution in [0, 0.1) is 5.92 Å². The van der Waals surface area contributed by atoms with E-state index in [0.717, 1.165) is 38.6 Å². The molecule has 0 aromatic rings. The monoisotopic (exact) mass is 224 g/mol. The zero-order valence-electron chi connectivity index (χ0n) is 10.2. The Hall–Kier alpha value is -0.830. The van der Waals surface area contributed by atoms with Gasteiger partial charge in [-0.15, -0.1) is 0 Å². The van der Waals surface area contributed by atoms with Crippen molar-refractivity contribution >= 4 is 5.91 Å². The van der Waals surface area contributed by atoms with Crippen molar-refractivity contribution in [3.05, 3.63) is 12.2 Å². The van der Waals surface area contributed by atoms with E-state index in [1.54, 1.807) is 0 Å². The van der Waals surface area contributed by atoms with Gasteiger partial charge >= 0.3 is 0 Å². The van der Waals surface area contributed by atoms with Crippen molar-refractivity contribution in [2.75, 3.05) is 6.54 Å². The molecular formula is C13H24N2O. The van der Waals surface area contributed by atoms with Gasteiger partial charge in [-0.2, -0.15) is 0 Å². The summed E-state index contributed by atoms with van der Waals surface area (Å²) in [4.78, 5) is 11.3. The molecule has 0 heterocycles. The first-order valence-electron chi connectivity index (χ1n) is 6.43. The van der Waals surface area contributed by atoms with Gasteiger partial charge in [0.05, 0.1) is 5.92 Å². The molecule has 2 atom stereocenters. The van der Waals surface area contributed by atoms with Crippen LogP contribution in [-0.2, 0) is 4.79 Å². The highest BCUT2D eigenvalue weighted by Crippen LogP contribution is 2.23. The second-order valence-corrected chi connectivity index (χ2v) is 4.52. The normalized spacial score (nSPS) is 26.1. The Morgan fingerprint density at radius 1 is 1.38 bits per heavy atom. The highest BCUT2D eigenvalue weighted by molar-refractivity contribution is 5.77. The van der Waals surface area contributed by atoms with Gasteiger partial charge in [0.1, 0.15) is 0 Å². The Morgan fingerprint density at radius 3 is 2.81 bits per heavy atom. The van der Waals surface area contributed by atoms with Crippen LogP contribution in [-0.4, -0.2) is 18.5 Å². The van der Waals surface area contributed by atoms with Crippen LogP contribution in [0.4, 0.5) is 0 Å². The molecular weight excluding hydrogens is 200 g/mol. The molecule has 3 heteroatoms. The summed E-state index contributed by atoms with van der Waals surface area (Å²) in [6, 6.07) is 0.307. The van der Waals surface area contributed by atoms with E-state index in [1.807, 2.05) is 0 Å². The zero-order valence-corrected chi connectivity index (χ0v) is 10.2. The summed E-state index contributed by atoms with van der Waals surface area (Å²) in [6.07, 6.45) is 10.9. The van der Waals surface area contributed by atoms with Crippen LogP contribution in [0.3, 0.4) is 0 Å². The van der Waals surface area contributed by atoms with E-state index >= 15 is 0 Å². The molecule has 1 rings (SSSR count). The van der Waals surface area contributed by atoms with Gasteiger partial charge in [-0.05, 0) is 32.2 Å². The largest absolute Gasteiger partial charge is 0.369 e. The summed E-state index contributed by atoms with van der Waals surface area (Å²) in [5.74, 6) is -0.0924. The number of allylic oxidation sites excluding steroid dienone is 1. The van der Waals surface area contributed by atoms with E-state index in [2.05, 4.69) is 24.4 Å². The third-order valence-electron chi connectivity index (χ3n) is 3.25. The van der Waals surface area contributed by atoms with E-state index in [0.29, 0.717) is 6.04 Å². The van der Waals surface area contributed by atoms with Gasteiger partial charge in [0, 0.05) is 6.04 Å². The second-order valence-electron chi connectivity index (χ2n) is 4.52. The highest BCUT2D eigenvalue weighted by Gasteiger charge is 2.28. The van der Waals surface area contributed by atoms with Crippen LogP contribution in [0.25, 0.3) is 0 Å². The maximum absolute atomic E-state index is 11.3. The second kappa shape index (κ2) is 7.44. The average Bonchev–Trinajstić information content (AvgIpc) is 2.29. The third-order valence-corrected chi connectivity index (χ3v) is 3.25. The number of hydrogen-bond acceptors (Lipinski definition) is 2. The average molecular weight is 224 g/mol. The molecule has 0 radical (unpaired) electrons. The fraction of sp³-hybridized carbons (Fsp3) is 0.769. The standard InChI is InChI=1S/C13H24N2O/c1-2-3-4-7-10-15-12-9-6-5-8-11(12)13(14)16/h3-4,11-12,15H,2,5-10H2,1H3,(H2,14,16)/b4-3+/t11-,12-/m1/s1. The van der Waals surface area contributed by atoms with E-state index in [9.17, 15) is 4.79 Å². The van der Waals surface area contributed by atoms with Crippen LogP contribution in [0.5, 0.6) is 0 Å². The van der Waals surface area contributed by atoms with Crippen molar-refractivity contribution < 1.29 is 4.79 Å². The van der Waals surface area contributed by atoms with Crippen molar-refractivity contribution in [2.24, 2.45) is 11.7 Å². The first-order chi connectivity index (χ1) is 7.75. The van der Waals surface area contributed by atoms with Crippen molar-refractivity contribution in [3.63, 3.8) is 0 Å². The van der Waals surface area contributed by atoms with Crippen LogP contribution in [0.15, 0.2) is 12.2 Å². The molecule has 0 saturated heterocycles. The molecule has 0 aromatic carbocycles. The van der Waals surface area contributed by atoms with Crippen LogP contribution in [0.1, 0.15) is 45.4 Å². The van der Waals surface area contributed by atoms with Crippen LogP contribution >= 0.6 is 0 Å². The summed E-state index contributed by atoms with van der Waals surface area (Å²) in [5, 5.41) is 3.46. The maximum atomic E-state index is 11.3. The van der Waals surface area contributed by atoms with Gasteiger partial charge in [0.25, 0.3) is 0 Å². The Balaban J connectivity index is 2.27. The Kier molecular flexibility index (Phi) is 6.16. The minimum atomic E-state index is -0.138. The quantitative estimate of drug-likeness (QED) is 0.535. The topological polar surface area (TPSA) is 55.1 Å². The van der Waals surface area contributed by atoms with Gasteiger partial charge in [-0.25, -0.2) is 0 Å². The van der Waals surface area contributed by atoms with E-state index in [-0.39, 0.29) is 11.8 Å². The number of rotatable bonds is 6. The summed E-state index contributed by atoms with van der Waals surface area (Å²) in [5.41, 5.74) is 5.42. The van der Waals surface area contributed by atoms with Gasteiger partial charge in [0.2, 0.25) is 5.91 Å². The number of nitrogens with one attached hydrogen (secondary N) is 1. The summed E-state index contributed by atoms with van der Waals surface area (Å²) < 4.78 is 0. The summed E-state index contributed by atoms with van der Waals surface area (Å²) >= 11 is 0. The molecule has 0 spiro atoms. The minimum absolute atomic E-state index is 0.0453. The Labute approximate surface area is 98.5 Å². The first kappa shape index (κ1) is 13.2. The van der Waals surface area contributed by atoms with Crippen LogP contribution < -0.4 is 11.1 Å². The van der Waals surface area contributed by atoms with Gasteiger partial charge in [-0.3, -0.25) is 4.79 Å². The third kappa shape index (κ3) is 4.35. The lowest BCUT2D eigenvalue weighted by Gasteiger charge is -2.30. The smallest absolute Gasteiger partial charge is 0.222 e. The number of carbonyl (C=O) groups is 1. The van der Waals surface area contributed by atoms with E-state index < -0.39 is 0 Å². The highest BCUT2D eigenvalue weighted by atomic mass is 16.1. The fourth-order valence-corrected chi connectivity index (χ4v) is 2.35. The van der Waals surface area contributed by atoms with E-state index in [4.69, 9.17) is 5.73 Å². The SMILES string of the molecule is CC/C=C/CCN[C@@H]1CCCC[C@H]1C(N)=O. The molecule has 3 nitrogen and oxygen atoms in total. The molecule has 1 fully saturated rings. The molecule has 3 N–H and O–H groups in total. The van der Waals surface area contributed by atoms with Gasteiger partial charge in [-0.1, -0.05) is 31.9 Å². The molecule has 0 aromatic heterocycles. The molecule has 16 heavy (non-hydrogen) atoms. The van der Waals surface area contributed by atoms with Crippen molar-refractivity contribution in [1.82, 2.24) is 5.32 Å². The minimum Gasteiger partial charge on any atom is -0.369 e. The van der Waals surface area contributed by atoms with Crippen LogP contribution in [0.2, 0.25) is 0 Å². The number of hydrogen-bond donors (Lipinski definition) is 2. The van der Waals surface area contributed by atoms with Gasteiger partial charge in [0.15, 0.2) is 0 Å². The van der Waals surface area contributed by atoms with Gasteiger partial charge < -0.3 is 11.1 Å². The zero-order chi connectivity index (χ0) is 11.8. The number of primary amides is 1. The molecule has 1 aliphatic rings. The number of amides is 1. The molecule has 0 unspecified atom stereocenters. The van der Waals surface area contributed by atoms with Crippen molar-refractivity contribution in [2.45, 2.75) is 51.5 Å². The summed E-state index contributed by atoms with van der Waals surface area (Å²) in [6.45, 7) is 3.08. The maximum Gasteiger partial charge on any atom is 0.222 e. The number of carbonyl (C=O) groups excluding carboxylic acids is 1. The lowest BCUT2D eigenvalue weighted by Crippen LogP contribution is -2.44. The molecule has 0 aliphatic heterocycles. The number of nitrogens with two attached hydrogens (primary N) is 1. The first-order valence-corrected chi connectivity index (χ1v) is 6.43. The molecule has 1 aliphatic carbocycles. The lowest BCUT2D eigenvalue weighted by atomic mass is 9.84. The lowest BCUT2D eigenvalue weighted by molar-refractivity contribution is -0.123. The predicted octanol–water partition coefficient (Wildman–Crippen LogP) is 1.98. The molecule has 92 valence electrons. The molecule has 0 bridgehead atoms. The molecule has 1 saturated carbocycles. The Bertz CT molecular complexity index is 238. The van der Waals surface area contributed by atoms with E-state index in [1.165, 1.54) is 6.42 Å². The summed E-state index contributed by atoms with van der Waals surface area (Å²) in [7, 11) is 0. The molecule has 1 amide bonds. The fourth-order valence-electron chi connectivity index (χ4n) is 2.35. The Morgan fingerprint density at radius 2 is 2.12 bits per heavy atom. The van der Waals surface area contributed by atoms with Crippen molar-refractivity contribution in [1.29, 1.82) is 0 Å². The predicted molar refractivity (Wildman–Crippen MR) is 67.0 cm³/mol.